The molecule has 172 valence electrons. The average molecular weight is 454 g/mol. The van der Waals surface area contributed by atoms with Gasteiger partial charge in [0, 0.05) is 60.7 Å². The minimum Gasteiger partial charge on any atom is -0.355 e. The number of carbonyl (C=O) groups excluding carboxylic acids is 1. The summed E-state index contributed by atoms with van der Waals surface area (Å²) < 4.78 is 1.78. The van der Waals surface area contributed by atoms with E-state index in [4.69, 9.17) is 0 Å². The molecule has 2 aliphatic rings. The monoisotopic (exact) mass is 453 g/mol. The van der Waals surface area contributed by atoms with E-state index in [2.05, 4.69) is 30.3 Å². The Morgan fingerprint density at radius 2 is 1.91 bits per heavy atom. The van der Waals surface area contributed by atoms with Crippen molar-refractivity contribution in [2.45, 2.75) is 19.3 Å². The molecule has 3 aromatic heterocycles. The molecular weight excluding hydrogens is 426 g/mol. The van der Waals surface area contributed by atoms with Gasteiger partial charge in [-0.05, 0) is 49.7 Å². The fourth-order valence-electron chi connectivity index (χ4n) is 5.11. The molecule has 6 rings (SSSR count). The molecule has 5 heterocycles. The summed E-state index contributed by atoms with van der Waals surface area (Å²) in [5.74, 6) is 1.41. The number of aryl methyl sites for hydroxylation is 1. The quantitative estimate of drug-likeness (QED) is 0.465. The highest BCUT2D eigenvalue weighted by molar-refractivity contribution is 5.98. The molecule has 0 saturated carbocycles. The number of piperidine rings is 1. The number of ketones is 1. The number of hydrogen-bond donors (Lipinski definition) is 1. The third-order valence-corrected chi connectivity index (χ3v) is 7.10. The summed E-state index contributed by atoms with van der Waals surface area (Å²) in [5, 5.41) is 8.63. The van der Waals surface area contributed by atoms with Crippen molar-refractivity contribution in [3.63, 3.8) is 0 Å². The van der Waals surface area contributed by atoms with Gasteiger partial charge in [-0.25, -0.2) is 15.0 Å². The molecule has 1 aromatic carbocycles. The molecule has 2 fully saturated rings. The number of pyridine rings is 1. The van der Waals surface area contributed by atoms with Gasteiger partial charge in [-0.3, -0.25) is 9.48 Å². The van der Waals surface area contributed by atoms with E-state index in [1.807, 2.05) is 43.7 Å². The third kappa shape index (κ3) is 3.94. The standard InChI is InChI=1S/C26H27N7O/c1-32-15-21(14-30-32)18-2-3-20-13-29-24(31-22(20)10-18)12-23(34)19-4-7-28-25(11-19)33-16-26(17-33)5-8-27-9-6-26/h2-4,7,10-11,13-15,27H,5-6,8-9,12,16-17H2,1H3. The van der Waals surface area contributed by atoms with Crippen molar-refractivity contribution >= 4 is 22.5 Å². The Balaban J connectivity index is 1.18. The minimum atomic E-state index is 0.00326. The Labute approximate surface area is 198 Å². The first kappa shape index (κ1) is 20.9. The lowest BCUT2D eigenvalue weighted by atomic mass is 9.72. The van der Waals surface area contributed by atoms with Crippen LogP contribution in [0, 0.1) is 5.41 Å². The maximum atomic E-state index is 13.1. The Bertz CT molecular complexity index is 1360. The van der Waals surface area contributed by atoms with E-state index in [0.29, 0.717) is 16.8 Å². The summed E-state index contributed by atoms with van der Waals surface area (Å²) >= 11 is 0. The van der Waals surface area contributed by atoms with Gasteiger partial charge >= 0.3 is 0 Å². The van der Waals surface area contributed by atoms with Crippen LogP contribution in [0.5, 0.6) is 0 Å². The van der Waals surface area contributed by atoms with Crippen LogP contribution >= 0.6 is 0 Å². The van der Waals surface area contributed by atoms with Crippen LogP contribution in [0.2, 0.25) is 0 Å². The summed E-state index contributed by atoms with van der Waals surface area (Å²) in [6, 6.07) is 9.76. The molecule has 34 heavy (non-hydrogen) atoms. The number of rotatable bonds is 5. The van der Waals surface area contributed by atoms with Crippen LogP contribution in [0.15, 0.2) is 55.1 Å². The predicted molar refractivity (Wildman–Crippen MR) is 131 cm³/mol. The molecule has 1 spiro atoms. The zero-order valence-electron chi connectivity index (χ0n) is 19.2. The van der Waals surface area contributed by atoms with Gasteiger partial charge < -0.3 is 10.2 Å². The van der Waals surface area contributed by atoms with Crippen LogP contribution in [0.3, 0.4) is 0 Å². The van der Waals surface area contributed by atoms with Crippen LogP contribution in [0.4, 0.5) is 5.82 Å². The molecule has 8 heteroatoms. The lowest BCUT2D eigenvalue weighted by molar-refractivity contribution is 0.0990. The fraction of sp³-hybridized carbons (Fsp3) is 0.346. The van der Waals surface area contributed by atoms with Gasteiger partial charge in [-0.15, -0.1) is 0 Å². The topological polar surface area (TPSA) is 88.8 Å². The predicted octanol–water partition coefficient (Wildman–Crippen LogP) is 3.04. The zero-order valence-corrected chi connectivity index (χ0v) is 19.2. The summed E-state index contributed by atoms with van der Waals surface area (Å²) in [6.45, 7) is 4.23. The molecule has 0 aliphatic carbocycles. The number of anilines is 1. The van der Waals surface area contributed by atoms with Crippen molar-refractivity contribution in [1.29, 1.82) is 0 Å². The fourth-order valence-corrected chi connectivity index (χ4v) is 5.11. The van der Waals surface area contributed by atoms with Crippen LogP contribution in [0.1, 0.15) is 29.0 Å². The van der Waals surface area contributed by atoms with Gasteiger partial charge in [0.15, 0.2) is 5.78 Å². The summed E-state index contributed by atoms with van der Waals surface area (Å²) in [5.41, 5.74) is 3.96. The molecule has 0 bridgehead atoms. The van der Waals surface area contributed by atoms with Crippen LogP contribution < -0.4 is 10.2 Å². The van der Waals surface area contributed by atoms with E-state index in [0.717, 1.165) is 54.0 Å². The first-order chi connectivity index (χ1) is 16.6. The highest BCUT2D eigenvalue weighted by Crippen LogP contribution is 2.40. The Kier molecular flexibility index (Phi) is 5.10. The normalized spacial score (nSPS) is 17.1. The van der Waals surface area contributed by atoms with Gasteiger partial charge in [0.05, 0.1) is 18.1 Å². The molecule has 0 unspecified atom stereocenters. The van der Waals surface area contributed by atoms with Gasteiger partial charge in [-0.1, -0.05) is 12.1 Å². The van der Waals surface area contributed by atoms with E-state index < -0.39 is 0 Å². The molecule has 0 radical (unpaired) electrons. The van der Waals surface area contributed by atoms with Crippen molar-refractivity contribution in [3.05, 3.63) is 66.5 Å². The second-order valence-corrected chi connectivity index (χ2v) is 9.57. The maximum Gasteiger partial charge on any atom is 0.170 e. The van der Waals surface area contributed by atoms with E-state index in [1.165, 1.54) is 12.8 Å². The zero-order chi connectivity index (χ0) is 23.1. The Hall–Kier alpha value is -3.65. The smallest absolute Gasteiger partial charge is 0.170 e. The molecule has 4 aromatic rings. The lowest BCUT2D eigenvalue weighted by Crippen LogP contribution is -2.60. The first-order valence-electron chi connectivity index (χ1n) is 11.8. The number of nitrogens with zero attached hydrogens (tertiary/aromatic N) is 6. The minimum absolute atomic E-state index is 0.00326. The number of Topliss-reactive ketones (excluding diaryl/α,β-unsaturated/α-hetero) is 1. The van der Waals surface area contributed by atoms with Crippen molar-refractivity contribution < 1.29 is 4.79 Å². The highest BCUT2D eigenvalue weighted by Gasteiger charge is 2.43. The Morgan fingerprint density at radius 3 is 2.71 bits per heavy atom. The van der Waals surface area contributed by atoms with E-state index >= 15 is 0 Å². The van der Waals surface area contributed by atoms with Crippen LogP contribution in [0.25, 0.3) is 22.0 Å². The second kappa shape index (κ2) is 8.29. The average Bonchev–Trinajstić information content (AvgIpc) is 3.29. The molecular formula is C26H27N7O. The SMILES string of the molecule is Cn1cc(-c2ccc3cnc(CC(=O)c4ccnc(N5CC6(CCNCC6)C5)c4)nc3c2)cn1. The summed E-state index contributed by atoms with van der Waals surface area (Å²) in [7, 11) is 1.90. The molecule has 1 N–H and O–H groups in total. The number of aromatic nitrogens is 5. The number of carbonyl (C=O) groups is 1. The number of nitrogens with one attached hydrogen (secondary N) is 1. The maximum absolute atomic E-state index is 13.1. The molecule has 2 saturated heterocycles. The summed E-state index contributed by atoms with van der Waals surface area (Å²) in [6.07, 6.45) is 9.91. The van der Waals surface area contributed by atoms with Crippen LogP contribution in [-0.4, -0.2) is 56.7 Å². The highest BCUT2D eigenvalue weighted by atomic mass is 16.1. The molecule has 8 nitrogen and oxygen atoms in total. The number of hydrogen-bond acceptors (Lipinski definition) is 7. The Morgan fingerprint density at radius 1 is 1.06 bits per heavy atom. The van der Waals surface area contributed by atoms with E-state index in [9.17, 15) is 4.79 Å². The third-order valence-electron chi connectivity index (χ3n) is 7.10. The van der Waals surface area contributed by atoms with Crippen LogP contribution in [-0.2, 0) is 13.5 Å². The largest absolute Gasteiger partial charge is 0.355 e. The van der Waals surface area contributed by atoms with Crippen molar-refractivity contribution in [2.75, 3.05) is 31.1 Å². The van der Waals surface area contributed by atoms with Gasteiger partial charge in [0.1, 0.15) is 11.6 Å². The summed E-state index contributed by atoms with van der Waals surface area (Å²) in [4.78, 5) is 29.0. The van der Waals surface area contributed by atoms with E-state index in [-0.39, 0.29) is 12.2 Å². The molecule has 0 atom stereocenters. The number of fused-ring (bicyclic) bond motifs is 1. The van der Waals surface area contributed by atoms with Crippen molar-refractivity contribution in [1.82, 2.24) is 30.0 Å². The molecule has 0 amide bonds. The number of benzene rings is 1. The van der Waals surface area contributed by atoms with Crippen molar-refractivity contribution in [2.24, 2.45) is 12.5 Å². The van der Waals surface area contributed by atoms with Gasteiger partial charge in [0.25, 0.3) is 0 Å². The molecule has 2 aliphatic heterocycles. The van der Waals surface area contributed by atoms with Gasteiger partial charge in [0.2, 0.25) is 0 Å². The van der Waals surface area contributed by atoms with E-state index in [1.54, 1.807) is 23.1 Å². The second-order valence-electron chi connectivity index (χ2n) is 9.57. The van der Waals surface area contributed by atoms with Gasteiger partial charge in [-0.2, -0.15) is 5.10 Å². The lowest BCUT2D eigenvalue weighted by Gasteiger charge is -2.53. The first-order valence-corrected chi connectivity index (χ1v) is 11.8. The van der Waals surface area contributed by atoms with Crippen molar-refractivity contribution in [3.8, 4) is 11.1 Å².